The molecule has 1 heterocycles. The largest absolute Gasteiger partial charge is 0.493 e. The molecule has 0 fully saturated rings. The quantitative estimate of drug-likeness (QED) is 0.673. The third-order valence-electron chi connectivity index (χ3n) is 3.67. The van der Waals surface area contributed by atoms with Crippen LogP contribution in [0.1, 0.15) is 30.9 Å². The summed E-state index contributed by atoms with van der Waals surface area (Å²) in [6, 6.07) is 2.72. The van der Waals surface area contributed by atoms with E-state index in [1.807, 2.05) is 6.92 Å². The summed E-state index contributed by atoms with van der Waals surface area (Å²) in [6.45, 7) is 3.63. The molecule has 1 aromatic carbocycles. The lowest BCUT2D eigenvalue weighted by Crippen LogP contribution is -2.23. The van der Waals surface area contributed by atoms with Crippen molar-refractivity contribution in [2.75, 3.05) is 26.9 Å². The van der Waals surface area contributed by atoms with Gasteiger partial charge in [-0.05, 0) is 36.6 Å². The predicted molar refractivity (Wildman–Crippen MR) is 85.4 cm³/mol. The Morgan fingerprint density at radius 2 is 2.00 bits per heavy atom. The lowest BCUT2D eigenvalue weighted by atomic mass is 9.95. The number of halogens is 3. The Morgan fingerprint density at radius 1 is 1.21 bits per heavy atom. The molecule has 0 amide bonds. The van der Waals surface area contributed by atoms with E-state index in [0.717, 1.165) is 17.5 Å². The van der Waals surface area contributed by atoms with Crippen molar-refractivity contribution in [3.63, 3.8) is 0 Å². The molecule has 4 nitrogen and oxygen atoms in total. The molecule has 0 N–H and O–H groups in total. The Morgan fingerprint density at radius 3 is 2.67 bits per heavy atom. The van der Waals surface area contributed by atoms with Gasteiger partial charge >= 0.3 is 6.18 Å². The van der Waals surface area contributed by atoms with Crippen molar-refractivity contribution in [3.8, 4) is 11.5 Å². The lowest BCUT2D eigenvalue weighted by molar-refractivity contribution is -0.137. The fourth-order valence-corrected chi connectivity index (χ4v) is 2.56. The zero-order valence-electron chi connectivity index (χ0n) is 13.9. The average Bonchev–Trinajstić information content (AvgIpc) is 2.52. The maximum absolute atomic E-state index is 12.6. The Hall–Kier alpha value is -1.76. The van der Waals surface area contributed by atoms with Crippen molar-refractivity contribution >= 4 is 6.21 Å². The molecular weight excluding hydrogens is 323 g/mol. The number of methoxy groups -OCH3 is 1. The minimum atomic E-state index is -4.22. The van der Waals surface area contributed by atoms with E-state index >= 15 is 0 Å². The van der Waals surface area contributed by atoms with Gasteiger partial charge in [-0.2, -0.15) is 13.2 Å². The molecule has 1 aromatic rings. The van der Waals surface area contributed by atoms with E-state index in [1.54, 1.807) is 12.1 Å². The summed E-state index contributed by atoms with van der Waals surface area (Å²) in [5.74, 6) is 1.08. The summed E-state index contributed by atoms with van der Waals surface area (Å²) in [4.78, 5) is 4.00. The fraction of sp³-hybridized carbons (Fsp3) is 0.588. The van der Waals surface area contributed by atoms with Gasteiger partial charge in [0, 0.05) is 25.8 Å². The van der Waals surface area contributed by atoms with Gasteiger partial charge in [-0.15, -0.1) is 0 Å². The van der Waals surface area contributed by atoms with Crippen LogP contribution in [-0.4, -0.2) is 45.4 Å². The number of benzene rings is 1. The summed E-state index contributed by atoms with van der Waals surface area (Å²) in [6.07, 6.45) is -2.68. The third-order valence-corrected chi connectivity index (χ3v) is 3.67. The lowest BCUT2D eigenvalue weighted by Gasteiger charge is -2.22. The van der Waals surface area contributed by atoms with Crippen LogP contribution in [0.15, 0.2) is 17.1 Å². The van der Waals surface area contributed by atoms with Crippen LogP contribution in [0.3, 0.4) is 0 Å². The second-order valence-electron chi connectivity index (χ2n) is 5.56. The van der Waals surface area contributed by atoms with E-state index in [9.17, 15) is 13.2 Å². The zero-order chi connectivity index (χ0) is 17.6. The highest BCUT2D eigenvalue weighted by molar-refractivity contribution is 5.84. The summed E-state index contributed by atoms with van der Waals surface area (Å²) in [5, 5.41) is 0. The van der Waals surface area contributed by atoms with Gasteiger partial charge in [-0.3, -0.25) is 4.99 Å². The molecule has 0 aromatic heterocycles. The minimum absolute atomic E-state index is 0.241. The molecule has 0 saturated heterocycles. The van der Waals surface area contributed by atoms with Crippen molar-refractivity contribution < 1.29 is 27.4 Å². The number of hydrogen-bond donors (Lipinski definition) is 0. The first-order chi connectivity index (χ1) is 11.4. The smallest absolute Gasteiger partial charge is 0.391 e. The van der Waals surface area contributed by atoms with Gasteiger partial charge in [0.15, 0.2) is 11.5 Å². The van der Waals surface area contributed by atoms with Crippen molar-refractivity contribution in [1.82, 2.24) is 0 Å². The summed E-state index contributed by atoms with van der Waals surface area (Å²) in [5.41, 5.74) is 1.56. The molecule has 0 aliphatic carbocycles. The van der Waals surface area contributed by atoms with Crippen molar-refractivity contribution in [3.05, 3.63) is 23.3 Å². The molecule has 2 rings (SSSR count). The molecule has 0 bridgehead atoms. The Balaban J connectivity index is 2.06. The molecule has 0 saturated carbocycles. The molecule has 1 aliphatic rings. The minimum Gasteiger partial charge on any atom is -0.493 e. The van der Waals surface area contributed by atoms with Gasteiger partial charge < -0.3 is 14.2 Å². The predicted octanol–water partition coefficient (Wildman–Crippen LogP) is 3.80. The second-order valence-corrected chi connectivity index (χ2v) is 5.56. The Kier molecular flexibility index (Phi) is 6.48. The third kappa shape index (κ3) is 5.40. The van der Waals surface area contributed by atoms with Crippen molar-refractivity contribution in [1.29, 1.82) is 0 Å². The number of ether oxygens (including phenoxy) is 3. The van der Waals surface area contributed by atoms with Crippen LogP contribution in [0.4, 0.5) is 13.2 Å². The van der Waals surface area contributed by atoms with Gasteiger partial charge in [0.25, 0.3) is 0 Å². The highest BCUT2D eigenvalue weighted by Crippen LogP contribution is 2.34. The Bertz CT molecular complexity index is 573. The van der Waals surface area contributed by atoms with Crippen LogP contribution in [0.5, 0.6) is 11.5 Å². The zero-order valence-corrected chi connectivity index (χ0v) is 13.9. The molecule has 134 valence electrons. The van der Waals surface area contributed by atoms with E-state index in [0.29, 0.717) is 31.3 Å². The highest BCUT2D eigenvalue weighted by atomic mass is 19.4. The van der Waals surface area contributed by atoms with Crippen molar-refractivity contribution in [2.45, 2.75) is 38.4 Å². The molecule has 7 heteroatoms. The molecule has 0 spiro atoms. The maximum atomic E-state index is 12.6. The van der Waals surface area contributed by atoms with E-state index in [-0.39, 0.29) is 6.42 Å². The number of alkyl halides is 3. The molecule has 1 atom stereocenters. The number of fused-ring (bicyclic) bond motifs is 1. The summed E-state index contributed by atoms with van der Waals surface area (Å²) >= 11 is 0. The van der Waals surface area contributed by atoms with Gasteiger partial charge in [-0.25, -0.2) is 0 Å². The highest BCUT2D eigenvalue weighted by Gasteiger charge is 2.33. The first-order valence-corrected chi connectivity index (χ1v) is 7.94. The number of aliphatic imine (C=N–C) groups is 1. The van der Waals surface area contributed by atoms with E-state index in [1.165, 1.54) is 13.3 Å². The number of rotatable bonds is 8. The average molecular weight is 345 g/mol. The van der Waals surface area contributed by atoms with Crippen molar-refractivity contribution in [2.24, 2.45) is 4.99 Å². The van der Waals surface area contributed by atoms with Gasteiger partial charge in [0.2, 0.25) is 0 Å². The van der Waals surface area contributed by atoms with Crippen LogP contribution in [0.2, 0.25) is 0 Å². The van der Waals surface area contributed by atoms with E-state index in [4.69, 9.17) is 14.2 Å². The van der Waals surface area contributed by atoms with Gasteiger partial charge in [0.1, 0.15) is 0 Å². The fourth-order valence-electron chi connectivity index (χ4n) is 2.56. The van der Waals surface area contributed by atoms with Crippen LogP contribution >= 0.6 is 0 Å². The van der Waals surface area contributed by atoms with Crippen LogP contribution in [-0.2, 0) is 11.2 Å². The van der Waals surface area contributed by atoms with Gasteiger partial charge in [-0.1, -0.05) is 0 Å². The molecule has 1 aliphatic heterocycles. The van der Waals surface area contributed by atoms with E-state index in [2.05, 4.69) is 4.99 Å². The normalized spacial score (nSPS) is 16.8. The van der Waals surface area contributed by atoms with Crippen LogP contribution in [0.25, 0.3) is 0 Å². The molecular formula is C17H22F3NO3. The molecule has 1 unspecified atom stereocenters. The molecule has 24 heavy (non-hydrogen) atoms. The first-order valence-electron chi connectivity index (χ1n) is 7.94. The Labute approximate surface area is 139 Å². The molecule has 0 radical (unpaired) electrons. The SMILES string of the molecule is CCOCCCOc1cc2c(cc1OC)C=NC(CC(F)(F)F)C2. The topological polar surface area (TPSA) is 40.0 Å². The van der Waals surface area contributed by atoms with Crippen LogP contribution < -0.4 is 9.47 Å². The number of nitrogens with zero attached hydrogens (tertiary/aromatic N) is 1. The maximum Gasteiger partial charge on any atom is 0.391 e. The second kappa shape index (κ2) is 8.37. The first kappa shape index (κ1) is 18.6. The number of hydrogen-bond acceptors (Lipinski definition) is 4. The monoisotopic (exact) mass is 345 g/mol. The summed E-state index contributed by atoms with van der Waals surface area (Å²) in [7, 11) is 1.53. The van der Waals surface area contributed by atoms with Crippen LogP contribution in [0, 0.1) is 0 Å². The van der Waals surface area contributed by atoms with Gasteiger partial charge in [0.05, 0.1) is 26.2 Å². The standard InChI is InChI=1S/C17H22F3NO3/c1-3-23-5-4-6-24-16-8-12-7-14(10-17(18,19)20)21-11-13(12)9-15(16)22-2/h8-9,11,14H,3-7,10H2,1-2H3. The summed E-state index contributed by atoms with van der Waals surface area (Å²) < 4.78 is 53.9. The van der Waals surface area contributed by atoms with E-state index < -0.39 is 18.6 Å².